The van der Waals surface area contributed by atoms with E-state index in [1.807, 2.05) is 0 Å². The smallest absolute Gasteiger partial charge is 0.330 e. The van der Waals surface area contributed by atoms with Gasteiger partial charge in [-0.05, 0) is 86.9 Å². The molecular formula is C25H38O4. The molecule has 0 aromatic rings. The molecule has 2 N–H and O–H groups in total. The van der Waals surface area contributed by atoms with Crippen molar-refractivity contribution in [2.75, 3.05) is 6.61 Å². The van der Waals surface area contributed by atoms with Crippen LogP contribution in [-0.4, -0.2) is 34.5 Å². The van der Waals surface area contributed by atoms with Gasteiger partial charge >= 0.3 is 5.97 Å². The maximum absolute atomic E-state index is 12.3. The quantitative estimate of drug-likeness (QED) is 0.644. The van der Waals surface area contributed by atoms with Crippen molar-refractivity contribution in [2.24, 2.45) is 39.9 Å². The zero-order valence-electron chi connectivity index (χ0n) is 18.3. The summed E-state index contributed by atoms with van der Waals surface area (Å²) < 4.78 is 5.44. The van der Waals surface area contributed by atoms with E-state index in [0.717, 1.165) is 51.4 Å². The van der Waals surface area contributed by atoms with Crippen molar-refractivity contribution >= 4 is 5.97 Å². The van der Waals surface area contributed by atoms with Crippen LogP contribution in [0, 0.1) is 39.9 Å². The second kappa shape index (κ2) is 6.32. The van der Waals surface area contributed by atoms with Crippen LogP contribution in [-0.2, 0) is 9.53 Å². The number of rotatable bonds is 1. The lowest BCUT2D eigenvalue weighted by Crippen LogP contribution is -2.63. The Labute approximate surface area is 175 Å². The molecule has 9 atom stereocenters. The molecule has 4 saturated carbocycles. The minimum absolute atomic E-state index is 0.127. The zero-order chi connectivity index (χ0) is 20.7. The van der Waals surface area contributed by atoms with Gasteiger partial charge in [-0.3, -0.25) is 0 Å². The second-order valence-corrected chi connectivity index (χ2v) is 11.8. The molecule has 0 aromatic carbocycles. The third-order valence-corrected chi connectivity index (χ3v) is 10.7. The molecule has 4 fully saturated rings. The first kappa shape index (κ1) is 20.1. The maximum Gasteiger partial charge on any atom is 0.330 e. The van der Waals surface area contributed by atoms with E-state index in [9.17, 15) is 15.0 Å². The van der Waals surface area contributed by atoms with Gasteiger partial charge in [0.1, 0.15) is 6.61 Å². The Bertz CT molecular complexity index is 732. The molecule has 4 aliphatic carbocycles. The topological polar surface area (TPSA) is 66.8 Å². The van der Waals surface area contributed by atoms with Crippen molar-refractivity contribution in [3.8, 4) is 0 Å². The zero-order valence-corrected chi connectivity index (χ0v) is 18.3. The van der Waals surface area contributed by atoms with E-state index in [0.29, 0.717) is 30.3 Å². The van der Waals surface area contributed by atoms with E-state index in [1.54, 1.807) is 6.08 Å². The first-order chi connectivity index (χ1) is 13.6. The predicted molar refractivity (Wildman–Crippen MR) is 111 cm³/mol. The fourth-order valence-corrected chi connectivity index (χ4v) is 9.06. The first-order valence-electron chi connectivity index (χ1n) is 11.9. The summed E-state index contributed by atoms with van der Waals surface area (Å²) in [5, 5.41) is 22.5. The largest absolute Gasteiger partial charge is 0.462 e. The normalized spacial score (nSPS) is 56.9. The number of hydrogen-bond donors (Lipinski definition) is 2. The van der Waals surface area contributed by atoms with E-state index < -0.39 is 5.60 Å². The van der Waals surface area contributed by atoms with Gasteiger partial charge in [0.15, 0.2) is 0 Å². The summed E-state index contributed by atoms with van der Waals surface area (Å²) in [7, 11) is 0. The summed E-state index contributed by atoms with van der Waals surface area (Å²) in [4.78, 5) is 11.6. The Kier molecular flexibility index (Phi) is 4.37. The van der Waals surface area contributed by atoms with Gasteiger partial charge in [-0.15, -0.1) is 0 Å². The third-order valence-electron chi connectivity index (χ3n) is 10.7. The molecule has 162 valence electrons. The van der Waals surface area contributed by atoms with Gasteiger partial charge in [-0.25, -0.2) is 4.79 Å². The van der Waals surface area contributed by atoms with Crippen molar-refractivity contribution in [1.82, 2.24) is 0 Å². The van der Waals surface area contributed by atoms with Crippen molar-refractivity contribution in [1.29, 1.82) is 0 Å². The average Bonchev–Trinajstić information content (AvgIpc) is 2.97. The Balaban J connectivity index is 1.47. The summed E-state index contributed by atoms with van der Waals surface area (Å²) in [5.74, 6) is 1.63. The molecule has 0 spiro atoms. The van der Waals surface area contributed by atoms with Gasteiger partial charge in [0.25, 0.3) is 0 Å². The molecule has 0 saturated heterocycles. The average molecular weight is 403 g/mol. The highest BCUT2D eigenvalue weighted by atomic mass is 16.5. The second-order valence-electron chi connectivity index (χ2n) is 11.8. The molecule has 5 rings (SSSR count). The highest BCUT2D eigenvalue weighted by Crippen LogP contribution is 2.71. The Morgan fingerprint density at radius 1 is 1.00 bits per heavy atom. The lowest BCUT2D eigenvalue weighted by atomic mass is 9.42. The molecule has 0 amide bonds. The van der Waals surface area contributed by atoms with E-state index in [4.69, 9.17) is 4.74 Å². The number of hydrogen-bond acceptors (Lipinski definition) is 4. The first-order valence-corrected chi connectivity index (χ1v) is 11.9. The molecule has 0 aromatic heterocycles. The van der Waals surface area contributed by atoms with Crippen LogP contribution in [0.1, 0.15) is 78.6 Å². The number of cyclic esters (lactones) is 1. The molecule has 4 nitrogen and oxygen atoms in total. The van der Waals surface area contributed by atoms with Gasteiger partial charge < -0.3 is 14.9 Å². The van der Waals surface area contributed by atoms with Crippen LogP contribution in [0.5, 0.6) is 0 Å². The van der Waals surface area contributed by atoms with Crippen LogP contribution < -0.4 is 0 Å². The third kappa shape index (κ3) is 2.60. The summed E-state index contributed by atoms with van der Waals surface area (Å²) in [6.45, 7) is 7.44. The number of ether oxygens (including phenoxy) is 1. The number of aliphatic hydroxyl groups is 2. The van der Waals surface area contributed by atoms with Gasteiger partial charge in [-0.1, -0.05) is 26.8 Å². The monoisotopic (exact) mass is 402 g/mol. The number of aliphatic hydroxyl groups excluding tert-OH is 1. The minimum atomic E-state index is -0.622. The standard InChI is InChI=1S/C25H38O4/c1-22(10-9-21(27)29-15-22)20-8-13-25(28)19-5-4-16-14-17(26)6-11-23(16,2)18(19)7-12-24(20,25)3/h9-10,16-20,26,28H,4-8,11-15H2,1-3H3/t16-,17+,18+,19-,20-,22?,23+,24-,25+/m1/s1. The molecule has 5 aliphatic rings. The van der Waals surface area contributed by atoms with Gasteiger partial charge in [0, 0.05) is 16.9 Å². The minimum Gasteiger partial charge on any atom is -0.462 e. The van der Waals surface area contributed by atoms with Gasteiger partial charge in [-0.2, -0.15) is 0 Å². The Hall–Kier alpha value is -0.870. The SMILES string of the molecule is CC1([C@H]2CC[C@]3(O)[C@@H]4CC[C@@H]5C[C@@H](O)CC[C@]5(C)[C@H]4CC[C@]23C)C=CC(=O)OC1. The summed E-state index contributed by atoms with van der Waals surface area (Å²) in [5.41, 5.74) is -0.672. The van der Waals surface area contributed by atoms with Crippen LogP contribution in [0.25, 0.3) is 0 Å². The van der Waals surface area contributed by atoms with Gasteiger partial charge in [0.2, 0.25) is 0 Å². The molecule has 1 heterocycles. The summed E-state index contributed by atoms with van der Waals surface area (Å²) >= 11 is 0. The van der Waals surface area contributed by atoms with E-state index in [2.05, 4.69) is 26.8 Å². The van der Waals surface area contributed by atoms with E-state index in [1.165, 1.54) is 6.42 Å². The molecule has 29 heavy (non-hydrogen) atoms. The van der Waals surface area contributed by atoms with Crippen molar-refractivity contribution in [2.45, 2.75) is 90.3 Å². The predicted octanol–water partition coefficient (Wildman–Crippen LogP) is 4.24. The van der Waals surface area contributed by atoms with Crippen LogP contribution in [0.4, 0.5) is 0 Å². The van der Waals surface area contributed by atoms with Crippen molar-refractivity contribution < 1.29 is 19.7 Å². The molecular weight excluding hydrogens is 364 g/mol. The van der Waals surface area contributed by atoms with Crippen molar-refractivity contribution in [3.05, 3.63) is 12.2 Å². The highest BCUT2D eigenvalue weighted by molar-refractivity contribution is 5.83. The maximum atomic E-state index is 12.3. The lowest BCUT2D eigenvalue weighted by molar-refractivity contribution is -0.217. The fourth-order valence-electron chi connectivity index (χ4n) is 9.06. The highest BCUT2D eigenvalue weighted by Gasteiger charge is 2.69. The summed E-state index contributed by atoms with van der Waals surface area (Å²) in [6.07, 6.45) is 12.9. The number of fused-ring (bicyclic) bond motifs is 5. The van der Waals surface area contributed by atoms with Crippen LogP contribution in [0.2, 0.25) is 0 Å². The molecule has 1 aliphatic heterocycles. The van der Waals surface area contributed by atoms with Crippen LogP contribution in [0.15, 0.2) is 12.2 Å². The van der Waals surface area contributed by atoms with Crippen LogP contribution in [0.3, 0.4) is 0 Å². The van der Waals surface area contributed by atoms with E-state index >= 15 is 0 Å². The Morgan fingerprint density at radius 3 is 2.52 bits per heavy atom. The molecule has 0 bridgehead atoms. The molecule has 4 heteroatoms. The Morgan fingerprint density at radius 2 is 1.79 bits per heavy atom. The fraction of sp³-hybridized carbons (Fsp3) is 0.880. The number of carbonyl (C=O) groups excluding carboxylic acids is 1. The summed E-state index contributed by atoms with van der Waals surface area (Å²) in [6, 6.07) is 0. The van der Waals surface area contributed by atoms with Crippen molar-refractivity contribution in [3.63, 3.8) is 0 Å². The van der Waals surface area contributed by atoms with Crippen LogP contribution >= 0.6 is 0 Å². The molecule has 1 unspecified atom stereocenters. The lowest BCUT2D eigenvalue weighted by Gasteiger charge is -2.64. The molecule has 0 radical (unpaired) electrons. The van der Waals surface area contributed by atoms with Gasteiger partial charge in [0.05, 0.1) is 11.7 Å². The number of carbonyl (C=O) groups is 1. The van der Waals surface area contributed by atoms with E-state index in [-0.39, 0.29) is 28.3 Å². The number of esters is 1.